The lowest BCUT2D eigenvalue weighted by Gasteiger charge is -2.32. The van der Waals surface area contributed by atoms with E-state index in [0.29, 0.717) is 11.8 Å². The van der Waals surface area contributed by atoms with Crippen LogP contribution in [-0.4, -0.2) is 29.6 Å². The minimum atomic E-state index is -4.36. The summed E-state index contributed by atoms with van der Waals surface area (Å²) in [5.41, 5.74) is 0.645. The van der Waals surface area contributed by atoms with Crippen molar-refractivity contribution in [2.24, 2.45) is 10.8 Å². The summed E-state index contributed by atoms with van der Waals surface area (Å²) in [5, 5.41) is 0. The van der Waals surface area contributed by atoms with Gasteiger partial charge in [0.25, 0.3) is 0 Å². The maximum Gasteiger partial charge on any atom is 0.469 e. The first-order valence-electron chi connectivity index (χ1n) is 11.5. The average Bonchev–Trinajstić information content (AvgIpc) is 2.68. The number of hydrogen-bond acceptors (Lipinski definition) is 3. The third kappa shape index (κ3) is 11.9. The summed E-state index contributed by atoms with van der Waals surface area (Å²) in [6.07, 6.45) is 13.4. The lowest BCUT2D eigenvalue weighted by atomic mass is 9.75. The number of rotatable bonds is 19. The Kier molecular flexibility index (Phi) is 15.0. The van der Waals surface area contributed by atoms with Crippen molar-refractivity contribution in [1.82, 2.24) is 0 Å². The molecule has 0 rings (SSSR count). The van der Waals surface area contributed by atoms with Crippen LogP contribution in [0.5, 0.6) is 0 Å². The highest BCUT2D eigenvalue weighted by Crippen LogP contribution is 2.41. The van der Waals surface area contributed by atoms with Crippen LogP contribution in [0.1, 0.15) is 112 Å². The molecule has 0 spiro atoms. The summed E-state index contributed by atoms with van der Waals surface area (Å²) < 4.78 is 21.4. The second kappa shape index (κ2) is 15.0. The van der Waals surface area contributed by atoms with Gasteiger partial charge in [-0.25, -0.2) is 4.57 Å². The Hall–Kier alpha value is 0.0700. The molecule has 0 aromatic rings. The van der Waals surface area contributed by atoms with Crippen LogP contribution in [0.15, 0.2) is 0 Å². The molecule has 0 saturated carbocycles. The summed E-state index contributed by atoms with van der Waals surface area (Å²) in [6.45, 7) is 13.0. The zero-order valence-corrected chi connectivity index (χ0v) is 20.1. The summed E-state index contributed by atoms with van der Waals surface area (Å²) in [6, 6.07) is 0. The summed E-state index contributed by atoms with van der Waals surface area (Å²) in [4.78, 5) is 17.7. The number of ether oxygens (including phenoxy) is 1. The van der Waals surface area contributed by atoms with E-state index in [4.69, 9.17) is 14.5 Å². The van der Waals surface area contributed by atoms with E-state index in [-0.39, 0.29) is 12.0 Å². The monoisotopic (exact) mass is 422 g/mol. The second-order valence-corrected chi connectivity index (χ2v) is 9.61. The molecule has 170 valence electrons. The van der Waals surface area contributed by atoms with Gasteiger partial charge in [0.2, 0.25) is 0 Å². The quantitative estimate of drug-likeness (QED) is 0.175. The molecule has 0 aliphatic rings. The molecule has 5 nitrogen and oxygen atoms in total. The van der Waals surface area contributed by atoms with E-state index >= 15 is 0 Å². The maximum atomic E-state index is 10.9. The molecule has 0 aromatic heterocycles. The van der Waals surface area contributed by atoms with Gasteiger partial charge in [-0.1, -0.05) is 79.6 Å². The first-order chi connectivity index (χ1) is 13.2. The van der Waals surface area contributed by atoms with E-state index in [1.54, 1.807) is 0 Å². The number of phosphoric ester groups is 1. The third-order valence-electron chi connectivity index (χ3n) is 7.13. The van der Waals surface area contributed by atoms with Crippen molar-refractivity contribution in [3.05, 3.63) is 0 Å². The Morgan fingerprint density at radius 1 is 0.643 bits per heavy atom. The standard InChI is InChI=1S/C22H47O5P/c1-6-21(7-2,8-3)15-11-13-18-26-19-14-12-16-22(9-4,10-5)17-20-27-28(23,24)25/h6-20H2,1-5H3,(H2,23,24,25). The van der Waals surface area contributed by atoms with Gasteiger partial charge in [-0.3, -0.25) is 4.52 Å². The Labute approximate surface area is 174 Å². The molecule has 0 fully saturated rings. The zero-order valence-electron chi connectivity index (χ0n) is 19.2. The fourth-order valence-electron chi connectivity index (χ4n) is 4.25. The molecule has 0 aliphatic heterocycles. The van der Waals surface area contributed by atoms with E-state index in [0.717, 1.165) is 51.7 Å². The van der Waals surface area contributed by atoms with Gasteiger partial charge >= 0.3 is 7.82 Å². The topological polar surface area (TPSA) is 76.0 Å². The highest BCUT2D eigenvalue weighted by molar-refractivity contribution is 7.46. The molecular weight excluding hydrogens is 375 g/mol. The van der Waals surface area contributed by atoms with Crippen molar-refractivity contribution in [2.75, 3.05) is 19.8 Å². The van der Waals surface area contributed by atoms with Gasteiger partial charge in [-0.05, 0) is 42.9 Å². The van der Waals surface area contributed by atoms with Crippen molar-refractivity contribution >= 4 is 7.82 Å². The highest BCUT2D eigenvalue weighted by atomic mass is 31.2. The molecule has 0 saturated heterocycles. The second-order valence-electron chi connectivity index (χ2n) is 8.37. The molecule has 0 aromatic carbocycles. The van der Waals surface area contributed by atoms with E-state index in [9.17, 15) is 4.57 Å². The minimum Gasteiger partial charge on any atom is -0.381 e. The maximum absolute atomic E-state index is 10.9. The number of phosphoric acid groups is 1. The normalized spacial score (nSPS) is 13.2. The Balaban J connectivity index is 3.93. The van der Waals surface area contributed by atoms with Crippen molar-refractivity contribution in [3.63, 3.8) is 0 Å². The SMILES string of the molecule is CCC(CC)(CC)CCCCOCCCCC(CC)(CC)CCOP(=O)(O)O. The minimum absolute atomic E-state index is 0.110. The van der Waals surface area contributed by atoms with Gasteiger partial charge in [0.05, 0.1) is 6.61 Å². The zero-order chi connectivity index (χ0) is 21.5. The number of hydrogen-bond donors (Lipinski definition) is 2. The van der Waals surface area contributed by atoms with Crippen LogP contribution >= 0.6 is 7.82 Å². The molecule has 28 heavy (non-hydrogen) atoms. The van der Waals surface area contributed by atoms with Crippen LogP contribution in [0, 0.1) is 10.8 Å². The predicted octanol–water partition coefficient (Wildman–Crippen LogP) is 6.87. The van der Waals surface area contributed by atoms with Gasteiger partial charge in [-0.15, -0.1) is 0 Å². The molecule has 0 atom stereocenters. The van der Waals surface area contributed by atoms with Crippen molar-refractivity contribution < 1.29 is 23.6 Å². The lowest BCUT2D eigenvalue weighted by Crippen LogP contribution is -2.21. The van der Waals surface area contributed by atoms with Crippen molar-refractivity contribution in [3.8, 4) is 0 Å². The smallest absolute Gasteiger partial charge is 0.381 e. The van der Waals surface area contributed by atoms with Crippen LogP contribution in [-0.2, 0) is 13.8 Å². The predicted molar refractivity (Wildman–Crippen MR) is 117 cm³/mol. The van der Waals surface area contributed by atoms with Gasteiger partial charge in [0.15, 0.2) is 0 Å². The van der Waals surface area contributed by atoms with Crippen LogP contribution in [0.25, 0.3) is 0 Å². The van der Waals surface area contributed by atoms with Crippen LogP contribution in [0.4, 0.5) is 0 Å². The van der Waals surface area contributed by atoms with Crippen LogP contribution in [0.3, 0.4) is 0 Å². The largest absolute Gasteiger partial charge is 0.469 e. The van der Waals surface area contributed by atoms with Crippen LogP contribution in [0.2, 0.25) is 0 Å². The van der Waals surface area contributed by atoms with Crippen LogP contribution < -0.4 is 0 Å². The first-order valence-corrected chi connectivity index (χ1v) is 13.0. The average molecular weight is 423 g/mol. The van der Waals surface area contributed by atoms with Gasteiger partial charge in [0, 0.05) is 13.2 Å². The molecule has 0 aliphatic carbocycles. The Morgan fingerprint density at radius 3 is 1.46 bits per heavy atom. The Morgan fingerprint density at radius 2 is 1.07 bits per heavy atom. The lowest BCUT2D eigenvalue weighted by molar-refractivity contribution is 0.108. The first kappa shape index (κ1) is 28.1. The molecule has 0 bridgehead atoms. The summed E-state index contributed by atoms with van der Waals surface area (Å²) in [5.74, 6) is 0. The van der Waals surface area contributed by atoms with Gasteiger partial charge in [0.1, 0.15) is 0 Å². The fraction of sp³-hybridized carbons (Fsp3) is 1.00. The molecule has 6 heteroatoms. The molecule has 2 N–H and O–H groups in total. The van der Waals surface area contributed by atoms with Crippen molar-refractivity contribution in [1.29, 1.82) is 0 Å². The van der Waals surface area contributed by atoms with E-state index in [1.165, 1.54) is 32.1 Å². The summed E-state index contributed by atoms with van der Waals surface area (Å²) in [7, 11) is -4.36. The third-order valence-corrected chi connectivity index (χ3v) is 7.65. The van der Waals surface area contributed by atoms with E-state index in [1.807, 2.05) is 0 Å². The van der Waals surface area contributed by atoms with E-state index < -0.39 is 7.82 Å². The van der Waals surface area contributed by atoms with Gasteiger partial charge in [-0.2, -0.15) is 0 Å². The molecule has 0 unspecified atom stereocenters. The molecular formula is C22H47O5P. The van der Waals surface area contributed by atoms with Crippen molar-refractivity contribution in [2.45, 2.75) is 112 Å². The van der Waals surface area contributed by atoms with E-state index in [2.05, 4.69) is 39.1 Å². The molecule has 0 radical (unpaired) electrons. The molecule has 0 amide bonds. The number of unbranched alkanes of at least 4 members (excludes halogenated alkanes) is 2. The fourth-order valence-corrected chi connectivity index (χ4v) is 4.58. The highest BCUT2D eigenvalue weighted by Gasteiger charge is 2.27. The Bertz CT molecular complexity index is 405. The molecule has 0 heterocycles. The summed E-state index contributed by atoms with van der Waals surface area (Å²) >= 11 is 0. The van der Waals surface area contributed by atoms with Gasteiger partial charge < -0.3 is 14.5 Å².